The summed E-state index contributed by atoms with van der Waals surface area (Å²) < 4.78 is 15.2. The Balaban J connectivity index is 2.63. The van der Waals surface area contributed by atoms with Gasteiger partial charge in [-0.1, -0.05) is 0 Å². The van der Waals surface area contributed by atoms with Crippen molar-refractivity contribution in [3.05, 3.63) is 24.2 Å². The van der Waals surface area contributed by atoms with Gasteiger partial charge in [-0.25, -0.2) is 0 Å². The lowest BCUT2D eigenvalue weighted by Gasteiger charge is -2.13. The van der Waals surface area contributed by atoms with E-state index in [0.717, 1.165) is 0 Å². The van der Waals surface area contributed by atoms with Gasteiger partial charge in [0.1, 0.15) is 0 Å². The van der Waals surface area contributed by atoms with Crippen LogP contribution < -0.4 is 0 Å². The van der Waals surface area contributed by atoms with Gasteiger partial charge in [-0.2, -0.15) is 0 Å². The molecule has 4 nitrogen and oxygen atoms in total. The fourth-order valence-electron chi connectivity index (χ4n) is 1.04. The molecule has 14 heavy (non-hydrogen) atoms. The van der Waals surface area contributed by atoms with Gasteiger partial charge in [-0.3, -0.25) is 4.79 Å². The van der Waals surface area contributed by atoms with Crippen LogP contribution in [0.2, 0.25) is 0 Å². The Labute approximate surface area is 82.8 Å². The lowest BCUT2D eigenvalue weighted by Crippen LogP contribution is -2.27. The first-order chi connectivity index (χ1) is 6.79. The molecule has 1 aromatic rings. The Morgan fingerprint density at radius 3 is 2.50 bits per heavy atom. The Morgan fingerprint density at radius 1 is 1.43 bits per heavy atom. The van der Waals surface area contributed by atoms with Gasteiger partial charge in [0.05, 0.1) is 6.26 Å². The average molecular weight is 198 g/mol. The van der Waals surface area contributed by atoms with Crippen molar-refractivity contribution in [2.24, 2.45) is 0 Å². The molecule has 0 bridgehead atoms. The highest BCUT2D eigenvalue weighted by molar-refractivity contribution is 5.96. The van der Waals surface area contributed by atoms with Crippen LogP contribution in [0.25, 0.3) is 0 Å². The Morgan fingerprint density at radius 2 is 2.07 bits per heavy atom. The topological polar surface area (TPSA) is 48.7 Å². The first-order valence-corrected chi connectivity index (χ1v) is 4.60. The van der Waals surface area contributed by atoms with Gasteiger partial charge in [0.25, 0.3) is 5.78 Å². The second kappa shape index (κ2) is 5.57. The van der Waals surface area contributed by atoms with Crippen LogP contribution in [0.15, 0.2) is 22.8 Å². The van der Waals surface area contributed by atoms with E-state index in [4.69, 9.17) is 13.9 Å². The number of carbonyl (C=O) groups excluding carboxylic acids is 1. The van der Waals surface area contributed by atoms with Crippen molar-refractivity contribution in [3.8, 4) is 0 Å². The highest BCUT2D eigenvalue weighted by atomic mass is 16.7. The molecule has 0 aliphatic heterocycles. The SMILES string of the molecule is CCOC(OCC)C(=O)c1ccco1. The van der Waals surface area contributed by atoms with Gasteiger partial charge < -0.3 is 13.9 Å². The molecule has 1 heterocycles. The molecular weight excluding hydrogens is 184 g/mol. The summed E-state index contributed by atoms with van der Waals surface area (Å²) in [6.45, 7) is 4.47. The second-order valence-electron chi connectivity index (χ2n) is 2.58. The minimum atomic E-state index is -0.851. The number of ether oxygens (including phenoxy) is 2. The van der Waals surface area contributed by atoms with E-state index < -0.39 is 6.29 Å². The molecule has 0 unspecified atom stereocenters. The van der Waals surface area contributed by atoms with E-state index in [1.807, 2.05) is 0 Å². The van der Waals surface area contributed by atoms with Crippen molar-refractivity contribution in [3.63, 3.8) is 0 Å². The molecule has 0 radical (unpaired) electrons. The molecule has 0 N–H and O–H groups in total. The zero-order valence-corrected chi connectivity index (χ0v) is 8.36. The van der Waals surface area contributed by atoms with E-state index in [2.05, 4.69) is 0 Å². The van der Waals surface area contributed by atoms with Gasteiger partial charge in [0.15, 0.2) is 5.76 Å². The Kier molecular flexibility index (Phi) is 4.35. The van der Waals surface area contributed by atoms with E-state index in [9.17, 15) is 4.79 Å². The van der Waals surface area contributed by atoms with Crippen molar-refractivity contribution in [2.45, 2.75) is 20.1 Å². The number of hydrogen-bond acceptors (Lipinski definition) is 4. The smallest absolute Gasteiger partial charge is 0.253 e. The van der Waals surface area contributed by atoms with Crippen LogP contribution >= 0.6 is 0 Å². The molecule has 0 aliphatic rings. The van der Waals surface area contributed by atoms with E-state index in [1.165, 1.54) is 6.26 Å². The normalized spacial score (nSPS) is 10.8. The van der Waals surface area contributed by atoms with E-state index in [1.54, 1.807) is 26.0 Å². The minimum Gasteiger partial charge on any atom is -0.461 e. The second-order valence-corrected chi connectivity index (χ2v) is 2.58. The number of furan rings is 1. The summed E-state index contributed by atoms with van der Waals surface area (Å²) in [5.74, 6) is -0.0180. The number of Topliss-reactive ketones (excluding diaryl/α,β-unsaturated/α-hetero) is 1. The van der Waals surface area contributed by atoms with Gasteiger partial charge in [-0.05, 0) is 26.0 Å². The third-order valence-electron chi connectivity index (χ3n) is 1.61. The fourth-order valence-corrected chi connectivity index (χ4v) is 1.04. The Bertz CT molecular complexity index is 260. The standard InChI is InChI=1S/C10H14O4/c1-3-12-10(13-4-2)9(11)8-6-5-7-14-8/h5-7,10H,3-4H2,1-2H3. The Hall–Kier alpha value is -1.13. The van der Waals surface area contributed by atoms with Crippen LogP contribution in [0.1, 0.15) is 24.4 Å². The molecule has 0 saturated carbocycles. The fraction of sp³-hybridized carbons (Fsp3) is 0.500. The molecular formula is C10H14O4. The van der Waals surface area contributed by atoms with Crippen LogP contribution in [0.3, 0.4) is 0 Å². The van der Waals surface area contributed by atoms with Crippen molar-refractivity contribution in [2.75, 3.05) is 13.2 Å². The van der Waals surface area contributed by atoms with Gasteiger partial charge in [0, 0.05) is 13.2 Å². The highest BCUT2D eigenvalue weighted by Crippen LogP contribution is 2.08. The van der Waals surface area contributed by atoms with Gasteiger partial charge in [0.2, 0.25) is 6.29 Å². The maximum atomic E-state index is 11.6. The summed E-state index contributed by atoms with van der Waals surface area (Å²) in [5.41, 5.74) is 0. The molecule has 0 saturated heterocycles. The summed E-state index contributed by atoms with van der Waals surface area (Å²) in [7, 11) is 0. The first kappa shape index (κ1) is 10.9. The van der Waals surface area contributed by atoms with Crippen LogP contribution in [-0.4, -0.2) is 25.3 Å². The van der Waals surface area contributed by atoms with Crippen molar-refractivity contribution >= 4 is 5.78 Å². The quantitative estimate of drug-likeness (QED) is 0.517. The molecule has 4 heteroatoms. The van der Waals surface area contributed by atoms with Gasteiger partial charge in [-0.15, -0.1) is 0 Å². The molecule has 0 amide bonds. The monoisotopic (exact) mass is 198 g/mol. The third-order valence-corrected chi connectivity index (χ3v) is 1.61. The largest absolute Gasteiger partial charge is 0.461 e. The molecule has 0 spiro atoms. The average Bonchev–Trinajstić information content (AvgIpc) is 2.69. The molecule has 1 rings (SSSR count). The summed E-state index contributed by atoms with van der Waals surface area (Å²) in [6.07, 6.45) is 0.596. The molecule has 0 aliphatic carbocycles. The lowest BCUT2D eigenvalue weighted by molar-refractivity contribution is -0.108. The van der Waals surface area contributed by atoms with Crippen LogP contribution in [0.4, 0.5) is 0 Å². The number of hydrogen-bond donors (Lipinski definition) is 0. The van der Waals surface area contributed by atoms with E-state index in [0.29, 0.717) is 13.2 Å². The number of rotatable bonds is 6. The van der Waals surface area contributed by atoms with Crippen molar-refractivity contribution in [1.82, 2.24) is 0 Å². The summed E-state index contributed by atoms with van der Waals surface area (Å²) in [4.78, 5) is 11.6. The summed E-state index contributed by atoms with van der Waals surface area (Å²) in [5, 5.41) is 0. The van der Waals surface area contributed by atoms with Gasteiger partial charge >= 0.3 is 0 Å². The first-order valence-electron chi connectivity index (χ1n) is 4.60. The van der Waals surface area contributed by atoms with Crippen LogP contribution in [0.5, 0.6) is 0 Å². The minimum absolute atomic E-state index is 0.261. The highest BCUT2D eigenvalue weighted by Gasteiger charge is 2.22. The predicted molar refractivity (Wildman–Crippen MR) is 50.1 cm³/mol. The van der Waals surface area contributed by atoms with Crippen LogP contribution in [0, 0.1) is 0 Å². The van der Waals surface area contributed by atoms with E-state index >= 15 is 0 Å². The maximum Gasteiger partial charge on any atom is 0.253 e. The van der Waals surface area contributed by atoms with Crippen molar-refractivity contribution < 1.29 is 18.7 Å². The zero-order valence-electron chi connectivity index (χ0n) is 8.36. The van der Waals surface area contributed by atoms with E-state index in [-0.39, 0.29) is 11.5 Å². The zero-order chi connectivity index (χ0) is 10.4. The molecule has 0 aromatic carbocycles. The van der Waals surface area contributed by atoms with Crippen molar-refractivity contribution in [1.29, 1.82) is 0 Å². The summed E-state index contributed by atoms with van der Waals surface area (Å²) in [6, 6.07) is 3.25. The third kappa shape index (κ3) is 2.68. The lowest BCUT2D eigenvalue weighted by atomic mass is 10.3. The maximum absolute atomic E-state index is 11.6. The predicted octanol–water partition coefficient (Wildman–Crippen LogP) is 1.86. The number of ketones is 1. The van der Waals surface area contributed by atoms with Crippen LogP contribution in [-0.2, 0) is 9.47 Å². The molecule has 78 valence electrons. The molecule has 0 atom stereocenters. The number of carbonyl (C=O) groups is 1. The molecule has 0 fully saturated rings. The summed E-state index contributed by atoms with van der Waals surface area (Å²) >= 11 is 0. The molecule has 1 aromatic heterocycles.